The van der Waals surface area contributed by atoms with E-state index in [2.05, 4.69) is 20.9 Å². The zero-order valence-corrected chi connectivity index (χ0v) is 18.1. The number of halogens is 4. The molecule has 2 aromatic rings. The maximum atomic E-state index is 13.0. The second-order valence-electron chi connectivity index (χ2n) is 6.79. The summed E-state index contributed by atoms with van der Waals surface area (Å²) >= 11 is 4.81. The van der Waals surface area contributed by atoms with E-state index in [4.69, 9.17) is 16.6 Å². The fourth-order valence-corrected chi connectivity index (χ4v) is 2.80. The van der Waals surface area contributed by atoms with Crippen LogP contribution in [0.1, 0.15) is 29.8 Å². The first kappa shape index (κ1) is 25.9. The Hall–Kier alpha value is -3.35. The number of nitrogens with zero attached hydrogens (tertiary/aromatic N) is 1. The summed E-state index contributed by atoms with van der Waals surface area (Å²) in [5, 5.41) is 6.95. The Balaban J connectivity index is 1.93. The van der Waals surface area contributed by atoms with E-state index in [1.807, 2.05) is 0 Å². The summed E-state index contributed by atoms with van der Waals surface area (Å²) in [5.41, 5.74) is 0.425. The minimum Gasteiger partial charge on any atom is -0.431 e. The largest absolute Gasteiger partial charge is 0.431 e. The zero-order chi connectivity index (χ0) is 24.6. The average Bonchev–Trinajstić information content (AvgIpc) is 3.25. The molecular weight excluding hydrogens is 468 g/mol. The molecule has 178 valence electrons. The Kier molecular flexibility index (Phi) is 9.02. The maximum Gasteiger partial charge on any atom is 0.389 e. The summed E-state index contributed by atoms with van der Waals surface area (Å²) in [6, 6.07) is 3.90. The molecule has 1 unspecified atom stereocenters. The summed E-state index contributed by atoms with van der Waals surface area (Å²) in [4.78, 5) is 40.3. The topological polar surface area (TPSA) is 113 Å². The molecule has 0 radical (unpaired) electrons. The predicted octanol–water partition coefficient (Wildman–Crippen LogP) is 2.54. The lowest BCUT2D eigenvalue weighted by Crippen LogP contribution is -2.49. The number of amides is 2. The van der Waals surface area contributed by atoms with Gasteiger partial charge in [-0.3, -0.25) is 14.4 Å². The van der Waals surface area contributed by atoms with Crippen LogP contribution in [0.5, 0.6) is 0 Å². The summed E-state index contributed by atoms with van der Waals surface area (Å²) in [5.74, 6) is -2.98. The molecule has 8 nitrogen and oxygen atoms in total. The van der Waals surface area contributed by atoms with Gasteiger partial charge in [-0.1, -0.05) is 12.2 Å². The van der Waals surface area contributed by atoms with E-state index in [0.29, 0.717) is 5.56 Å². The van der Waals surface area contributed by atoms with Crippen molar-refractivity contribution in [1.82, 2.24) is 20.9 Å². The summed E-state index contributed by atoms with van der Waals surface area (Å²) < 4.78 is 55.5. The maximum absolute atomic E-state index is 13.0. The van der Waals surface area contributed by atoms with Crippen LogP contribution in [-0.2, 0) is 9.59 Å². The third-order valence-electron chi connectivity index (χ3n) is 4.29. The molecule has 0 aliphatic rings. The van der Waals surface area contributed by atoms with E-state index >= 15 is 0 Å². The van der Waals surface area contributed by atoms with Crippen LogP contribution in [0.15, 0.2) is 34.9 Å². The molecular formula is C20H20F4N4O4S. The van der Waals surface area contributed by atoms with Gasteiger partial charge in [0, 0.05) is 19.0 Å². The molecule has 2 amide bonds. The third-order valence-corrected chi connectivity index (χ3v) is 4.69. The molecule has 1 atom stereocenters. The number of aromatic nitrogens is 1. The molecule has 0 spiro atoms. The fraction of sp³-hybridized carbons (Fsp3) is 0.350. The summed E-state index contributed by atoms with van der Waals surface area (Å²) in [6.45, 7) is -0.583. The first-order valence-corrected chi connectivity index (χ1v) is 10.0. The number of likely N-dealkylation sites (N-methyl/N-ethyl adjacent to an activating group) is 1. The van der Waals surface area contributed by atoms with Gasteiger partial charge in [-0.2, -0.15) is 13.2 Å². The molecule has 0 aliphatic heterocycles. The number of oxazole rings is 1. The van der Waals surface area contributed by atoms with Crippen molar-refractivity contribution < 1.29 is 36.4 Å². The molecule has 33 heavy (non-hydrogen) atoms. The Bertz CT molecular complexity index is 1010. The van der Waals surface area contributed by atoms with E-state index in [1.54, 1.807) is 0 Å². The van der Waals surface area contributed by atoms with E-state index in [-0.39, 0.29) is 23.1 Å². The lowest BCUT2D eigenvalue weighted by Gasteiger charge is -2.18. The number of benzene rings is 1. The number of Topliss-reactive ketones (excluding diaryl/α,β-unsaturated/α-hetero) is 1. The van der Waals surface area contributed by atoms with Gasteiger partial charge in [-0.15, -0.1) is 0 Å². The minimum atomic E-state index is -4.40. The van der Waals surface area contributed by atoms with Gasteiger partial charge in [0.25, 0.3) is 5.91 Å². The van der Waals surface area contributed by atoms with E-state index in [9.17, 15) is 31.9 Å². The molecule has 3 N–H and O–H groups in total. The van der Waals surface area contributed by atoms with Gasteiger partial charge in [0.2, 0.25) is 23.3 Å². The lowest BCUT2D eigenvalue weighted by atomic mass is 10.0. The lowest BCUT2D eigenvalue weighted by molar-refractivity contribution is -0.136. The van der Waals surface area contributed by atoms with Crippen molar-refractivity contribution in [2.45, 2.75) is 31.5 Å². The van der Waals surface area contributed by atoms with Crippen LogP contribution in [0.25, 0.3) is 11.5 Å². The molecule has 0 saturated carbocycles. The third kappa shape index (κ3) is 8.25. The first-order chi connectivity index (χ1) is 15.5. The second-order valence-corrected chi connectivity index (χ2v) is 7.20. The fourth-order valence-electron chi connectivity index (χ4n) is 2.65. The number of alkyl halides is 3. The molecule has 2 rings (SSSR count). The number of carbonyl (C=O) groups excluding carboxylic acids is 3. The van der Waals surface area contributed by atoms with Crippen LogP contribution in [-0.4, -0.2) is 53.4 Å². The smallest absolute Gasteiger partial charge is 0.389 e. The predicted molar refractivity (Wildman–Crippen MR) is 113 cm³/mol. The van der Waals surface area contributed by atoms with Crippen LogP contribution in [0.2, 0.25) is 0 Å². The monoisotopic (exact) mass is 488 g/mol. The Labute approximate surface area is 191 Å². The molecule has 0 aliphatic carbocycles. The highest BCUT2D eigenvalue weighted by atomic mass is 32.1. The molecule has 1 heterocycles. The summed E-state index contributed by atoms with van der Waals surface area (Å²) in [7, 11) is 1.37. The van der Waals surface area contributed by atoms with Gasteiger partial charge in [0.15, 0.2) is 0 Å². The summed E-state index contributed by atoms with van der Waals surface area (Å²) in [6.07, 6.45) is -5.11. The van der Waals surface area contributed by atoms with Gasteiger partial charge < -0.3 is 20.4 Å². The highest BCUT2D eigenvalue weighted by molar-refractivity contribution is 7.82. The van der Waals surface area contributed by atoms with Crippen molar-refractivity contribution in [3.8, 4) is 11.5 Å². The van der Waals surface area contributed by atoms with Crippen LogP contribution < -0.4 is 16.0 Å². The van der Waals surface area contributed by atoms with E-state index in [1.165, 1.54) is 31.3 Å². The van der Waals surface area contributed by atoms with Crippen molar-refractivity contribution >= 4 is 34.8 Å². The van der Waals surface area contributed by atoms with Gasteiger partial charge in [-0.25, -0.2) is 9.37 Å². The molecule has 13 heteroatoms. The van der Waals surface area contributed by atoms with Crippen molar-refractivity contribution in [3.05, 3.63) is 42.0 Å². The Morgan fingerprint density at radius 2 is 1.85 bits per heavy atom. The van der Waals surface area contributed by atoms with E-state index < -0.39 is 55.0 Å². The number of ketones is 1. The van der Waals surface area contributed by atoms with Crippen molar-refractivity contribution in [2.24, 2.45) is 0 Å². The van der Waals surface area contributed by atoms with Crippen LogP contribution in [0.3, 0.4) is 0 Å². The average molecular weight is 488 g/mol. The van der Waals surface area contributed by atoms with E-state index in [0.717, 1.165) is 6.20 Å². The van der Waals surface area contributed by atoms with Crippen LogP contribution >= 0.6 is 12.2 Å². The van der Waals surface area contributed by atoms with Crippen LogP contribution in [0, 0.1) is 5.82 Å². The SMILES string of the molecule is CNC(=S)C(=O)C(CCCC(F)(F)F)NC(=O)CNC(=O)c1cnc(-c2ccc(F)cc2)o1. The number of hydrogen-bond acceptors (Lipinski definition) is 6. The highest BCUT2D eigenvalue weighted by Crippen LogP contribution is 2.23. The van der Waals surface area contributed by atoms with Crippen molar-refractivity contribution in [1.29, 1.82) is 0 Å². The second kappa shape index (κ2) is 11.5. The normalized spacial score (nSPS) is 12.0. The highest BCUT2D eigenvalue weighted by Gasteiger charge is 2.29. The Morgan fingerprint density at radius 1 is 1.18 bits per heavy atom. The first-order valence-electron chi connectivity index (χ1n) is 9.62. The van der Waals surface area contributed by atoms with Crippen molar-refractivity contribution in [3.63, 3.8) is 0 Å². The quantitative estimate of drug-likeness (QED) is 0.348. The minimum absolute atomic E-state index is 0.0560. The zero-order valence-electron chi connectivity index (χ0n) is 17.3. The van der Waals surface area contributed by atoms with Gasteiger partial charge in [0.1, 0.15) is 10.8 Å². The number of hydrogen-bond donors (Lipinski definition) is 3. The van der Waals surface area contributed by atoms with Gasteiger partial charge in [0.05, 0.1) is 18.8 Å². The van der Waals surface area contributed by atoms with Crippen LogP contribution in [0.4, 0.5) is 17.6 Å². The van der Waals surface area contributed by atoms with Gasteiger partial charge in [-0.05, 0) is 37.1 Å². The van der Waals surface area contributed by atoms with Crippen molar-refractivity contribution in [2.75, 3.05) is 13.6 Å². The molecule has 0 saturated heterocycles. The standard InChI is InChI=1S/C20H20F4N4O4S/c1-25-19(33)16(30)13(3-2-8-20(22,23)24)28-15(29)10-26-17(31)14-9-27-18(32-14)11-4-6-12(21)7-5-11/h4-7,9,13H,2-3,8,10H2,1H3,(H,25,33)(H,26,31)(H,28,29). The molecule has 0 bridgehead atoms. The number of rotatable bonds is 10. The number of carbonyl (C=O) groups is 3. The number of thiocarbonyl (C=S) groups is 1. The molecule has 1 aromatic heterocycles. The molecule has 1 aromatic carbocycles. The number of nitrogens with one attached hydrogen (secondary N) is 3. The Morgan fingerprint density at radius 3 is 2.45 bits per heavy atom. The van der Waals surface area contributed by atoms with Gasteiger partial charge >= 0.3 is 6.18 Å². The molecule has 0 fully saturated rings.